The van der Waals surface area contributed by atoms with Crippen molar-refractivity contribution < 1.29 is 0 Å². The van der Waals surface area contributed by atoms with Crippen LogP contribution in [0.25, 0.3) is 0 Å². The largest absolute Gasteiger partial charge is 0.102 e. The summed E-state index contributed by atoms with van der Waals surface area (Å²) in [5, 5.41) is 0. The molecule has 0 nitrogen and oxygen atoms in total. The molecule has 0 saturated heterocycles. The molecule has 1 aliphatic rings. The van der Waals surface area contributed by atoms with E-state index in [1.807, 2.05) is 0 Å². The van der Waals surface area contributed by atoms with Crippen LogP contribution in [0.4, 0.5) is 0 Å². The molecule has 33 heavy (non-hydrogen) atoms. The van der Waals surface area contributed by atoms with Crippen LogP contribution >= 0.6 is 23.8 Å². The van der Waals surface area contributed by atoms with Gasteiger partial charge in [0.2, 0.25) is 0 Å². The maximum atomic E-state index is 2.45. The lowest BCUT2D eigenvalue weighted by atomic mass is 9.99. The monoisotopic (exact) mass is 516 g/mol. The first-order valence-electron chi connectivity index (χ1n) is 15.4. The summed E-state index contributed by atoms with van der Waals surface area (Å²) in [6.07, 6.45) is 33.6. The van der Waals surface area contributed by atoms with Gasteiger partial charge < -0.3 is 0 Å². The predicted molar refractivity (Wildman–Crippen MR) is 164 cm³/mol. The molecule has 0 heterocycles. The van der Waals surface area contributed by atoms with E-state index in [0.717, 1.165) is 10.6 Å². The first-order chi connectivity index (χ1) is 16.2. The summed E-state index contributed by atoms with van der Waals surface area (Å²) in [6.45, 7) is 14.7. The first kappa shape index (κ1) is 32.3. The average Bonchev–Trinajstić information content (AvgIpc) is 2.84. The van der Waals surface area contributed by atoms with Gasteiger partial charge in [-0.15, -0.1) is 7.92 Å². The Hall–Kier alpha value is 1.29. The van der Waals surface area contributed by atoms with Crippen molar-refractivity contribution in [1.82, 2.24) is 0 Å². The molecule has 1 aliphatic carbocycles. The zero-order valence-corrected chi connectivity index (χ0v) is 26.7. The molecule has 1 rings (SSSR count). The van der Waals surface area contributed by atoms with Crippen molar-refractivity contribution >= 4 is 23.8 Å². The lowest BCUT2D eigenvalue weighted by Gasteiger charge is -2.57. The Bertz CT molecular complexity index is 394. The molecule has 0 amide bonds. The number of hydrogen-bond donors (Lipinski definition) is 0. The zero-order chi connectivity index (χ0) is 24.4. The van der Waals surface area contributed by atoms with E-state index >= 15 is 0 Å². The Morgan fingerprint density at radius 2 is 0.879 bits per heavy atom. The Morgan fingerprint density at radius 3 is 1.24 bits per heavy atom. The Balaban J connectivity index is 3.50. The molecular formula is C30H63P3. The second-order valence-corrected chi connectivity index (χ2v) is 19.4. The molecule has 0 radical (unpaired) electrons. The molecule has 1 fully saturated rings. The van der Waals surface area contributed by atoms with Crippen LogP contribution in [0, 0.1) is 0 Å². The second-order valence-electron chi connectivity index (χ2n) is 10.8. The Morgan fingerprint density at radius 1 is 0.515 bits per heavy atom. The highest BCUT2D eigenvalue weighted by atomic mass is 31.2. The van der Waals surface area contributed by atoms with E-state index in [9.17, 15) is 0 Å². The topological polar surface area (TPSA) is 0 Å². The van der Waals surface area contributed by atoms with Crippen molar-refractivity contribution in [2.24, 2.45) is 0 Å². The predicted octanol–water partition coefficient (Wildman–Crippen LogP) is 11.9. The summed E-state index contributed by atoms with van der Waals surface area (Å²) >= 11 is 0. The number of rotatable bonds is 21. The molecule has 0 spiro atoms. The van der Waals surface area contributed by atoms with Crippen molar-refractivity contribution in [3.63, 3.8) is 0 Å². The van der Waals surface area contributed by atoms with Crippen LogP contribution < -0.4 is 0 Å². The lowest BCUT2D eigenvalue weighted by Crippen LogP contribution is -2.44. The minimum absolute atomic E-state index is 0.196. The van der Waals surface area contributed by atoms with Crippen LogP contribution in [0.15, 0.2) is 0 Å². The molecule has 0 aromatic carbocycles. The minimum atomic E-state index is 0.196. The third-order valence-corrected chi connectivity index (χ3v) is 20.2. The fraction of sp³-hybridized carbons (Fsp3) is 1.00. The Kier molecular flexibility index (Phi) is 19.9. The normalized spacial score (nSPS) is 18.6. The number of unbranched alkanes of at least 4 members (excludes halogenated alkanes) is 6. The van der Waals surface area contributed by atoms with Crippen LogP contribution in [0.3, 0.4) is 0 Å². The summed E-state index contributed by atoms with van der Waals surface area (Å²) in [6, 6.07) is 0. The molecule has 0 aromatic rings. The maximum Gasteiger partial charge on any atom is 0.0173 e. The fourth-order valence-electron chi connectivity index (χ4n) is 6.07. The van der Waals surface area contributed by atoms with Crippen molar-refractivity contribution in [3.8, 4) is 0 Å². The smallest absolute Gasteiger partial charge is 0.0173 e. The van der Waals surface area contributed by atoms with Gasteiger partial charge in [0.25, 0.3) is 0 Å². The van der Waals surface area contributed by atoms with Crippen molar-refractivity contribution in [3.05, 3.63) is 0 Å². The summed E-state index contributed by atoms with van der Waals surface area (Å²) in [7, 11) is 0.621. The highest BCUT2D eigenvalue weighted by Crippen LogP contribution is 2.77. The summed E-state index contributed by atoms with van der Waals surface area (Å²) in [5.41, 5.74) is 1.14. The van der Waals surface area contributed by atoms with Gasteiger partial charge in [-0.25, -0.2) is 0 Å². The van der Waals surface area contributed by atoms with Crippen LogP contribution in [-0.2, 0) is 0 Å². The fourth-order valence-corrected chi connectivity index (χ4v) is 21.2. The van der Waals surface area contributed by atoms with Crippen molar-refractivity contribution in [2.75, 3.05) is 37.0 Å². The van der Waals surface area contributed by atoms with Gasteiger partial charge in [-0.05, 0) is 94.0 Å². The summed E-state index contributed by atoms with van der Waals surface area (Å²) in [5.74, 6) is 0. The van der Waals surface area contributed by atoms with Gasteiger partial charge in [0.15, 0.2) is 0 Å². The van der Waals surface area contributed by atoms with Crippen LogP contribution in [-0.4, -0.2) is 47.5 Å². The summed E-state index contributed by atoms with van der Waals surface area (Å²) < 4.78 is 0. The summed E-state index contributed by atoms with van der Waals surface area (Å²) in [4.78, 5) is 0.810. The van der Waals surface area contributed by atoms with Gasteiger partial charge in [-0.2, -0.15) is 0 Å². The van der Waals surface area contributed by atoms with Gasteiger partial charge in [-0.3, -0.25) is 0 Å². The van der Waals surface area contributed by atoms with E-state index in [-0.39, 0.29) is 23.8 Å². The van der Waals surface area contributed by atoms with E-state index in [2.05, 4.69) is 41.5 Å². The van der Waals surface area contributed by atoms with Crippen molar-refractivity contribution in [2.45, 2.75) is 155 Å². The molecule has 3 heteroatoms. The molecule has 0 aromatic heterocycles. The molecule has 0 N–H and O–H groups in total. The van der Waals surface area contributed by atoms with Crippen LogP contribution in [0.1, 0.15) is 144 Å². The SMILES string of the molecule is CCCCP(CCCC)C1CCCCC1(P(CCCC)CCCC)P(CCCC)CCCC. The van der Waals surface area contributed by atoms with E-state index < -0.39 is 0 Å². The van der Waals surface area contributed by atoms with E-state index in [4.69, 9.17) is 0 Å². The lowest BCUT2D eigenvalue weighted by molar-refractivity contribution is 0.481. The zero-order valence-electron chi connectivity index (χ0n) is 24.0. The highest BCUT2D eigenvalue weighted by molar-refractivity contribution is 7.79. The van der Waals surface area contributed by atoms with Crippen LogP contribution in [0.2, 0.25) is 0 Å². The Labute approximate surface area is 215 Å². The van der Waals surface area contributed by atoms with Gasteiger partial charge in [-0.1, -0.05) is 109 Å². The van der Waals surface area contributed by atoms with E-state index in [1.165, 1.54) is 77.0 Å². The first-order valence-corrected chi connectivity index (χ1v) is 20.6. The molecule has 1 unspecified atom stereocenters. The van der Waals surface area contributed by atoms with Crippen LogP contribution in [0.5, 0.6) is 0 Å². The van der Waals surface area contributed by atoms with E-state index in [1.54, 1.807) is 62.7 Å². The standard InChI is InChI=1S/C30H63P3/c1-7-13-23-31(24-14-8-2)29-21-19-20-22-30(29,32(25-15-9-3)26-16-10-4)33(27-17-11-5)28-18-12-6/h29H,7-28H2,1-6H3. The molecule has 1 atom stereocenters. The van der Waals surface area contributed by atoms with Gasteiger partial charge >= 0.3 is 0 Å². The van der Waals surface area contributed by atoms with E-state index in [0.29, 0.717) is 0 Å². The molecule has 0 aliphatic heterocycles. The minimum Gasteiger partial charge on any atom is -0.102 e. The molecule has 0 bridgehead atoms. The molecule has 198 valence electrons. The molecular weight excluding hydrogens is 453 g/mol. The average molecular weight is 517 g/mol. The third kappa shape index (κ3) is 10.7. The van der Waals surface area contributed by atoms with Gasteiger partial charge in [0, 0.05) is 4.90 Å². The highest BCUT2D eigenvalue weighted by Gasteiger charge is 2.52. The van der Waals surface area contributed by atoms with Gasteiger partial charge in [0.05, 0.1) is 0 Å². The second kappa shape index (κ2) is 20.4. The van der Waals surface area contributed by atoms with Crippen molar-refractivity contribution in [1.29, 1.82) is 0 Å². The van der Waals surface area contributed by atoms with Gasteiger partial charge in [0.1, 0.15) is 0 Å². The number of hydrogen-bond acceptors (Lipinski definition) is 0. The molecule has 1 saturated carbocycles. The quantitative estimate of drug-likeness (QED) is 0.133. The third-order valence-electron chi connectivity index (χ3n) is 8.07. The maximum absolute atomic E-state index is 2.45.